The molecule has 9 heteroatoms. The van der Waals surface area contributed by atoms with Gasteiger partial charge in [-0.2, -0.15) is 15.0 Å². The Bertz CT molecular complexity index is 2250. The largest absolute Gasteiger partial charge is 0.285 e. The number of ketones is 4. The maximum Gasteiger partial charge on any atom is 0.255 e. The van der Waals surface area contributed by atoms with E-state index in [0.29, 0.717) is 27.8 Å². The van der Waals surface area contributed by atoms with Crippen molar-refractivity contribution in [3.8, 4) is 11.4 Å². The summed E-state index contributed by atoms with van der Waals surface area (Å²) in [5.74, 6) is -2.87. The molecule has 0 radical (unpaired) electrons. The standard InChI is InChI=1S/C37H21N5O4/c43-31-27-16-23-12-6-4-10-21(23)14-25(27)18-29(33(31)45)38-36-40-35(20-8-2-1-3-9-20)41-37(42-36)39-30-19-26-15-22-11-5-7-13-24(22)17-28(26)32(44)34(30)46/h1-17H,18-19H2. The van der Waals surface area contributed by atoms with Gasteiger partial charge in [0.05, 0.1) is 0 Å². The second-order valence-corrected chi connectivity index (χ2v) is 11.1. The van der Waals surface area contributed by atoms with Gasteiger partial charge < -0.3 is 0 Å². The van der Waals surface area contributed by atoms with Crippen LogP contribution in [-0.2, 0) is 22.4 Å². The van der Waals surface area contributed by atoms with Crippen LogP contribution < -0.4 is 0 Å². The number of Topliss-reactive ketones (excluding diaryl/α,β-unsaturated/α-hetero) is 4. The van der Waals surface area contributed by atoms with E-state index in [1.54, 1.807) is 24.3 Å². The number of rotatable bonds is 3. The van der Waals surface area contributed by atoms with Crippen molar-refractivity contribution in [2.45, 2.75) is 12.8 Å². The average molecular weight is 600 g/mol. The van der Waals surface area contributed by atoms with Gasteiger partial charge in [-0.15, -0.1) is 0 Å². The van der Waals surface area contributed by atoms with Crippen LogP contribution in [0.15, 0.2) is 113 Å². The minimum absolute atomic E-state index is 0.0127. The number of aromatic nitrogens is 3. The Balaban J connectivity index is 1.22. The van der Waals surface area contributed by atoms with E-state index in [0.717, 1.165) is 21.5 Å². The molecule has 0 fully saturated rings. The summed E-state index contributed by atoms with van der Waals surface area (Å²) in [6, 6.07) is 31.5. The summed E-state index contributed by atoms with van der Waals surface area (Å²) >= 11 is 0. The molecule has 2 aliphatic carbocycles. The van der Waals surface area contributed by atoms with Crippen molar-refractivity contribution in [2.24, 2.45) is 9.98 Å². The molecule has 0 N–H and O–H groups in total. The third-order valence-electron chi connectivity index (χ3n) is 8.20. The number of nitrogens with zero attached hydrogens (tertiary/aromatic N) is 5. The Kier molecular flexibility index (Phi) is 6.31. The van der Waals surface area contributed by atoms with Crippen molar-refractivity contribution < 1.29 is 19.2 Å². The molecule has 1 aromatic heterocycles. The Labute approximate surface area is 261 Å². The van der Waals surface area contributed by atoms with Crippen LogP contribution in [0.2, 0.25) is 0 Å². The summed E-state index contributed by atoms with van der Waals surface area (Å²) in [5.41, 5.74) is 2.66. The molecule has 0 aliphatic heterocycles. The first-order chi connectivity index (χ1) is 22.4. The van der Waals surface area contributed by atoms with Crippen molar-refractivity contribution in [1.82, 2.24) is 15.0 Å². The van der Waals surface area contributed by atoms with Crippen LogP contribution in [0.1, 0.15) is 31.8 Å². The van der Waals surface area contributed by atoms with Crippen LogP contribution in [0, 0.1) is 0 Å². The van der Waals surface area contributed by atoms with Gasteiger partial charge in [0.1, 0.15) is 11.4 Å². The zero-order valence-electron chi connectivity index (χ0n) is 24.1. The summed E-state index contributed by atoms with van der Waals surface area (Å²) in [4.78, 5) is 74.9. The fourth-order valence-electron chi connectivity index (χ4n) is 5.91. The molecule has 0 unspecified atom stereocenters. The lowest BCUT2D eigenvalue weighted by Crippen LogP contribution is -2.32. The Morgan fingerprint density at radius 3 is 1.33 bits per heavy atom. The zero-order chi connectivity index (χ0) is 31.4. The Hall–Kier alpha value is -6.35. The van der Waals surface area contributed by atoms with Gasteiger partial charge in [-0.05, 0) is 44.8 Å². The highest BCUT2D eigenvalue weighted by Gasteiger charge is 2.33. The van der Waals surface area contributed by atoms with E-state index in [1.165, 1.54) is 0 Å². The first kappa shape index (κ1) is 27.2. The van der Waals surface area contributed by atoms with Gasteiger partial charge in [0, 0.05) is 29.5 Å². The minimum atomic E-state index is -0.741. The van der Waals surface area contributed by atoms with E-state index in [4.69, 9.17) is 0 Å². The lowest BCUT2D eigenvalue weighted by molar-refractivity contribution is -0.110. The summed E-state index contributed by atoms with van der Waals surface area (Å²) < 4.78 is 0. The lowest BCUT2D eigenvalue weighted by atomic mass is 9.86. The molecule has 9 nitrogen and oxygen atoms in total. The van der Waals surface area contributed by atoms with Gasteiger partial charge in [0.2, 0.25) is 23.1 Å². The maximum absolute atomic E-state index is 13.2. The molecule has 46 heavy (non-hydrogen) atoms. The number of carbonyl (C=O) groups excluding carboxylic acids is 4. The van der Waals surface area contributed by atoms with Gasteiger partial charge in [0.25, 0.3) is 11.9 Å². The summed E-state index contributed by atoms with van der Waals surface area (Å²) in [5, 5.41) is 3.61. The molecule has 2 aliphatic rings. The van der Waals surface area contributed by atoms with Crippen molar-refractivity contribution in [2.75, 3.05) is 0 Å². The molecule has 0 amide bonds. The van der Waals surface area contributed by atoms with Crippen molar-refractivity contribution >= 4 is 68.0 Å². The second-order valence-electron chi connectivity index (χ2n) is 11.1. The molecule has 218 valence electrons. The molecular weight excluding hydrogens is 578 g/mol. The third kappa shape index (κ3) is 4.71. The fourth-order valence-corrected chi connectivity index (χ4v) is 5.91. The van der Waals surface area contributed by atoms with Crippen LogP contribution in [0.3, 0.4) is 0 Å². The van der Waals surface area contributed by atoms with Gasteiger partial charge in [-0.3, -0.25) is 19.2 Å². The number of aliphatic imine (C=N–C) groups is 2. The fraction of sp³-hybridized carbons (Fsp3) is 0.0541. The quantitative estimate of drug-likeness (QED) is 0.228. The highest BCUT2D eigenvalue weighted by molar-refractivity contribution is 6.70. The smallest absolute Gasteiger partial charge is 0.255 e. The van der Waals surface area contributed by atoms with Crippen LogP contribution in [0.5, 0.6) is 0 Å². The summed E-state index contributed by atoms with van der Waals surface area (Å²) in [6.07, 6.45) is 0.220. The number of hydrogen-bond donors (Lipinski definition) is 0. The molecular formula is C37H21N5O4. The predicted octanol–water partition coefficient (Wildman–Crippen LogP) is 6.01. The molecule has 0 spiro atoms. The molecule has 0 bridgehead atoms. The van der Waals surface area contributed by atoms with Crippen molar-refractivity contribution in [3.63, 3.8) is 0 Å². The number of carbonyl (C=O) groups is 4. The average Bonchev–Trinajstić information content (AvgIpc) is 3.08. The number of benzene rings is 5. The van der Waals surface area contributed by atoms with Crippen molar-refractivity contribution in [3.05, 3.63) is 125 Å². The first-order valence-corrected chi connectivity index (χ1v) is 14.6. The Morgan fingerprint density at radius 1 is 0.457 bits per heavy atom. The topological polar surface area (TPSA) is 132 Å². The van der Waals surface area contributed by atoms with Crippen LogP contribution in [0.4, 0.5) is 11.9 Å². The second kappa shape index (κ2) is 10.7. The summed E-state index contributed by atoms with van der Waals surface area (Å²) in [6.45, 7) is 0. The van der Waals surface area contributed by atoms with E-state index < -0.39 is 23.1 Å². The van der Waals surface area contributed by atoms with Gasteiger partial charge in [-0.1, -0.05) is 91.0 Å². The summed E-state index contributed by atoms with van der Waals surface area (Å²) in [7, 11) is 0. The van der Waals surface area contributed by atoms with E-state index >= 15 is 0 Å². The van der Waals surface area contributed by atoms with Gasteiger partial charge >= 0.3 is 0 Å². The maximum atomic E-state index is 13.2. The minimum Gasteiger partial charge on any atom is -0.285 e. The van der Waals surface area contributed by atoms with Crippen LogP contribution in [0.25, 0.3) is 32.9 Å². The molecule has 0 saturated carbocycles. The van der Waals surface area contributed by atoms with Crippen LogP contribution >= 0.6 is 0 Å². The molecule has 1 heterocycles. The monoisotopic (exact) mass is 599 g/mol. The SMILES string of the molecule is O=C1C(=O)c2cc3ccccc3cc2CC1=Nc1nc(N=C2Cc3cc4ccccc4cc3C(=O)C2=O)nc(-c2ccccc2)n1. The van der Waals surface area contributed by atoms with E-state index in [-0.39, 0.29) is 42.0 Å². The molecule has 0 atom stereocenters. The highest BCUT2D eigenvalue weighted by atomic mass is 16.2. The number of hydrogen-bond acceptors (Lipinski definition) is 9. The van der Waals surface area contributed by atoms with E-state index in [1.807, 2.05) is 78.9 Å². The number of fused-ring (bicyclic) bond motifs is 4. The lowest BCUT2D eigenvalue weighted by Gasteiger charge is -2.17. The Morgan fingerprint density at radius 2 is 0.870 bits per heavy atom. The molecule has 5 aromatic carbocycles. The zero-order valence-corrected chi connectivity index (χ0v) is 24.1. The molecule has 8 rings (SSSR count). The van der Waals surface area contributed by atoms with Gasteiger partial charge in [-0.25, -0.2) is 9.98 Å². The first-order valence-electron chi connectivity index (χ1n) is 14.6. The highest BCUT2D eigenvalue weighted by Crippen LogP contribution is 2.29. The van der Waals surface area contributed by atoms with Crippen molar-refractivity contribution in [1.29, 1.82) is 0 Å². The normalized spacial score (nSPS) is 16.3. The van der Waals surface area contributed by atoms with Crippen LogP contribution in [-0.4, -0.2) is 49.5 Å². The van der Waals surface area contributed by atoms with Gasteiger partial charge in [0.15, 0.2) is 5.82 Å². The predicted molar refractivity (Wildman–Crippen MR) is 173 cm³/mol. The molecule has 0 saturated heterocycles. The van der Waals surface area contributed by atoms with E-state index in [2.05, 4.69) is 24.9 Å². The third-order valence-corrected chi connectivity index (χ3v) is 8.20. The molecule has 6 aromatic rings. The van der Waals surface area contributed by atoms with E-state index in [9.17, 15) is 19.2 Å².